The van der Waals surface area contributed by atoms with Gasteiger partial charge in [0.15, 0.2) is 5.76 Å². The minimum atomic E-state index is -0.311. The van der Waals surface area contributed by atoms with Crippen LogP contribution in [0, 0.1) is 12.7 Å². The molecule has 0 saturated heterocycles. The smallest absolute Gasteiger partial charge is 0.287 e. The molecule has 140 valence electrons. The normalized spacial score (nSPS) is 10.8. The van der Waals surface area contributed by atoms with Crippen molar-refractivity contribution >= 4 is 5.91 Å². The van der Waals surface area contributed by atoms with Crippen molar-refractivity contribution in [3.05, 3.63) is 95.8 Å². The van der Waals surface area contributed by atoms with Gasteiger partial charge in [-0.3, -0.25) is 4.79 Å². The van der Waals surface area contributed by atoms with Crippen LogP contribution in [0.4, 0.5) is 4.39 Å². The summed E-state index contributed by atoms with van der Waals surface area (Å²) in [4.78, 5) is 12.3. The second kappa shape index (κ2) is 7.52. The number of nitrogens with one attached hydrogen (secondary N) is 1. The maximum Gasteiger partial charge on any atom is 0.287 e. The Balaban J connectivity index is 1.65. The molecule has 2 heterocycles. The fraction of sp³-hybridized carbons (Fsp3) is 0.0909. The zero-order valence-corrected chi connectivity index (χ0v) is 15.2. The molecule has 4 aromatic rings. The van der Waals surface area contributed by atoms with Crippen LogP contribution in [-0.4, -0.2) is 15.7 Å². The molecular weight excluding hydrogens is 357 g/mol. The predicted molar refractivity (Wildman–Crippen MR) is 104 cm³/mol. The van der Waals surface area contributed by atoms with Gasteiger partial charge in [0.2, 0.25) is 0 Å². The highest BCUT2D eigenvalue weighted by Gasteiger charge is 2.15. The van der Waals surface area contributed by atoms with E-state index in [1.54, 1.807) is 35.9 Å². The van der Waals surface area contributed by atoms with Crippen LogP contribution >= 0.6 is 0 Å². The van der Waals surface area contributed by atoms with Crippen molar-refractivity contribution in [3.8, 4) is 16.9 Å². The van der Waals surface area contributed by atoms with Crippen LogP contribution in [0.25, 0.3) is 16.9 Å². The molecule has 2 aromatic heterocycles. The third kappa shape index (κ3) is 3.71. The van der Waals surface area contributed by atoms with E-state index in [-0.39, 0.29) is 24.0 Å². The van der Waals surface area contributed by atoms with Gasteiger partial charge >= 0.3 is 0 Å². The molecule has 0 aliphatic heterocycles. The Bertz CT molecular complexity index is 1100. The molecule has 0 aliphatic rings. The average molecular weight is 375 g/mol. The molecule has 0 atom stereocenters. The standard InChI is InChI=1S/C22H18FN3O2/c1-15-7-12-20(28-15)22(27)24-13-17-14-26(19-5-3-2-4-6-19)25-21(17)16-8-10-18(23)11-9-16/h2-12,14H,13H2,1H3,(H,24,27). The highest BCUT2D eigenvalue weighted by Crippen LogP contribution is 2.24. The third-order valence-electron chi connectivity index (χ3n) is 4.33. The minimum absolute atomic E-state index is 0.260. The Morgan fingerprint density at radius 1 is 1.07 bits per heavy atom. The number of amides is 1. The Morgan fingerprint density at radius 2 is 1.82 bits per heavy atom. The van der Waals surface area contributed by atoms with E-state index in [4.69, 9.17) is 4.42 Å². The van der Waals surface area contributed by atoms with Gasteiger partial charge < -0.3 is 9.73 Å². The zero-order chi connectivity index (χ0) is 19.5. The first-order valence-electron chi connectivity index (χ1n) is 8.85. The van der Waals surface area contributed by atoms with E-state index in [2.05, 4.69) is 10.4 Å². The summed E-state index contributed by atoms with van der Waals surface area (Å²) in [7, 11) is 0. The quantitative estimate of drug-likeness (QED) is 0.558. The van der Waals surface area contributed by atoms with E-state index in [9.17, 15) is 9.18 Å². The number of hydrogen-bond acceptors (Lipinski definition) is 3. The van der Waals surface area contributed by atoms with Crippen molar-refractivity contribution < 1.29 is 13.6 Å². The Morgan fingerprint density at radius 3 is 2.50 bits per heavy atom. The second-order valence-corrected chi connectivity index (χ2v) is 6.38. The molecule has 1 amide bonds. The summed E-state index contributed by atoms with van der Waals surface area (Å²) in [5, 5.41) is 7.51. The number of rotatable bonds is 5. The van der Waals surface area contributed by atoms with Gasteiger partial charge in [-0.25, -0.2) is 9.07 Å². The van der Waals surface area contributed by atoms with Crippen molar-refractivity contribution in [2.45, 2.75) is 13.5 Å². The molecule has 0 spiro atoms. The molecule has 0 bridgehead atoms. The fourth-order valence-electron chi connectivity index (χ4n) is 2.92. The van der Waals surface area contributed by atoms with Gasteiger partial charge in [-0.05, 0) is 55.5 Å². The molecule has 0 aliphatic carbocycles. The molecule has 4 rings (SSSR count). The van der Waals surface area contributed by atoms with Gasteiger partial charge in [0, 0.05) is 23.9 Å². The van der Waals surface area contributed by atoms with Crippen molar-refractivity contribution in [3.63, 3.8) is 0 Å². The van der Waals surface area contributed by atoms with Crippen molar-refractivity contribution in [2.75, 3.05) is 0 Å². The van der Waals surface area contributed by atoms with Crippen LogP contribution in [0.1, 0.15) is 21.9 Å². The van der Waals surface area contributed by atoms with E-state index < -0.39 is 0 Å². The molecule has 2 aromatic carbocycles. The number of carbonyl (C=O) groups excluding carboxylic acids is 1. The van der Waals surface area contributed by atoms with E-state index in [1.165, 1.54) is 12.1 Å². The first-order valence-corrected chi connectivity index (χ1v) is 8.85. The first-order chi connectivity index (χ1) is 13.6. The lowest BCUT2D eigenvalue weighted by molar-refractivity contribution is 0.0922. The topological polar surface area (TPSA) is 60.1 Å². The van der Waals surface area contributed by atoms with Crippen LogP contribution in [0.2, 0.25) is 0 Å². The fourth-order valence-corrected chi connectivity index (χ4v) is 2.92. The number of nitrogens with zero attached hydrogens (tertiary/aromatic N) is 2. The van der Waals surface area contributed by atoms with Crippen molar-refractivity contribution in [1.82, 2.24) is 15.1 Å². The van der Waals surface area contributed by atoms with Gasteiger partial charge in [0.25, 0.3) is 5.91 Å². The lowest BCUT2D eigenvalue weighted by atomic mass is 10.1. The molecular formula is C22H18FN3O2. The van der Waals surface area contributed by atoms with Gasteiger partial charge in [0.05, 0.1) is 11.4 Å². The van der Waals surface area contributed by atoms with E-state index in [0.29, 0.717) is 11.5 Å². The monoisotopic (exact) mass is 375 g/mol. The average Bonchev–Trinajstić information content (AvgIpc) is 3.34. The van der Waals surface area contributed by atoms with Crippen LogP contribution in [-0.2, 0) is 6.54 Å². The highest BCUT2D eigenvalue weighted by molar-refractivity contribution is 5.91. The lowest BCUT2D eigenvalue weighted by Gasteiger charge is -2.04. The van der Waals surface area contributed by atoms with Gasteiger partial charge in [-0.15, -0.1) is 0 Å². The van der Waals surface area contributed by atoms with Crippen LogP contribution < -0.4 is 5.32 Å². The number of para-hydroxylation sites is 1. The summed E-state index contributed by atoms with van der Waals surface area (Å²) in [6, 6.07) is 19.2. The number of halogens is 1. The number of furan rings is 1. The number of aromatic nitrogens is 2. The molecule has 0 saturated carbocycles. The second-order valence-electron chi connectivity index (χ2n) is 6.38. The van der Waals surface area contributed by atoms with Crippen LogP contribution in [0.3, 0.4) is 0 Å². The van der Waals surface area contributed by atoms with Crippen molar-refractivity contribution in [2.24, 2.45) is 0 Å². The van der Waals surface area contributed by atoms with E-state index >= 15 is 0 Å². The summed E-state index contributed by atoms with van der Waals surface area (Å²) < 4.78 is 20.4. The molecule has 0 unspecified atom stereocenters. The minimum Gasteiger partial charge on any atom is -0.456 e. The van der Waals surface area contributed by atoms with Crippen molar-refractivity contribution in [1.29, 1.82) is 0 Å². The summed E-state index contributed by atoms with van der Waals surface area (Å²) >= 11 is 0. The molecule has 0 radical (unpaired) electrons. The van der Waals surface area contributed by atoms with Crippen LogP contribution in [0.5, 0.6) is 0 Å². The largest absolute Gasteiger partial charge is 0.456 e. The third-order valence-corrected chi connectivity index (χ3v) is 4.33. The maximum absolute atomic E-state index is 13.3. The predicted octanol–water partition coefficient (Wildman–Crippen LogP) is 4.51. The van der Waals surface area contributed by atoms with E-state index in [0.717, 1.165) is 16.8 Å². The SMILES string of the molecule is Cc1ccc(C(=O)NCc2cn(-c3ccccc3)nc2-c2ccc(F)cc2)o1. The lowest BCUT2D eigenvalue weighted by Crippen LogP contribution is -2.22. The Kier molecular flexibility index (Phi) is 4.76. The highest BCUT2D eigenvalue weighted by atomic mass is 19.1. The Labute approximate surface area is 161 Å². The van der Waals surface area contributed by atoms with Gasteiger partial charge in [-0.2, -0.15) is 5.10 Å². The maximum atomic E-state index is 13.3. The molecule has 1 N–H and O–H groups in total. The number of aryl methyl sites for hydroxylation is 1. The molecule has 0 fully saturated rings. The summed E-state index contributed by atoms with van der Waals surface area (Å²) in [6.45, 7) is 2.05. The Hall–Kier alpha value is -3.67. The van der Waals surface area contributed by atoms with Crippen LogP contribution in [0.15, 0.2) is 77.3 Å². The summed E-state index contributed by atoms with van der Waals surface area (Å²) in [5.41, 5.74) is 3.16. The number of hydrogen-bond donors (Lipinski definition) is 1. The number of carbonyl (C=O) groups is 1. The van der Waals surface area contributed by atoms with Gasteiger partial charge in [0.1, 0.15) is 11.6 Å². The van der Waals surface area contributed by atoms with E-state index in [1.807, 2.05) is 36.5 Å². The molecule has 5 nitrogen and oxygen atoms in total. The summed E-state index contributed by atoms with van der Waals surface area (Å²) in [5.74, 6) is 0.324. The van der Waals surface area contributed by atoms with Gasteiger partial charge in [-0.1, -0.05) is 18.2 Å². The zero-order valence-electron chi connectivity index (χ0n) is 15.2. The summed E-state index contributed by atoms with van der Waals surface area (Å²) in [6.07, 6.45) is 1.86. The first kappa shape index (κ1) is 17.7. The number of benzene rings is 2. The molecule has 6 heteroatoms. The molecule has 28 heavy (non-hydrogen) atoms.